The number of primary amides is 1. The Labute approximate surface area is 159 Å². The van der Waals surface area contributed by atoms with Gasteiger partial charge in [0, 0.05) is 0 Å². The minimum Gasteiger partial charge on any atom is -0.490 e. The molecule has 1 rings (SSSR count). The molecule has 150 valence electrons. The van der Waals surface area contributed by atoms with Gasteiger partial charge in [0.1, 0.15) is 0 Å². The summed E-state index contributed by atoms with van der Waals surface area (Å²) in [5.41, 5.74) is 5.16. The summed E-state index contributed by atoms with van der Waals surface area (Å²) >= 11 is 0. The molecule has 0 aliphatic heterocycles. The Hall–Kier alpha value is -2.77. The highest BCUT2D eigenvalue weighted by atomic mass is 16.5. The number of hydrogen-bond acceptors (Lipinski definition) is 6. The first-order valence-electron chi connectivity index (χ1n) is 9.01. The van der Waals surface area contributed by atoms with Gasteiger partial charge in [0.2, 0.25) is 0 Å². The third-order valence-electron chi connectivity index (χ3n) is 3.45. The molecule has 0 aliphatic carbocycles. The van der Waals surface area contributed by atoms with Gasteiger partial charge in [-0.25, -0.2) is 9.59 Å². The average molecular weight is 380 g/mol. The topological polar surface area (TPSA) is 117 Å². The number of benzene rings is 1. The first-order chi connectivity index (χ1) is 12.8. The van der Waals surface area contributed by atoms with E-state index in [9.17, 15) is 14.4 Å². The van der Waals surface area contributed by atoms with Gasteiger partial charge in [0.25, 0.3) is 5.91 Å². The molecule has 0 saturated carbocycles. The number of esters is 1. The summed E-state index contributed by atoms with van der Waals surface area (Å²) < 4.78 is 16.6. The van der Waals surface area contributed by atoms with Crippen LogP contribution in [0.25, 0.3) is 0 Å². The van der Waals surface area contributed by atoms with Gasteiger partial charge in [-0.1, -0.05) is 27.7 Å². The molecule has 3 N–H and O–H groups in total. The Morgan fingerprint density at radius 1 is 1.04 bits per heavy atom. The first-order valence-corrected chi connectivity index (χ1v) is 9.01. The van der Waals surface area contributed by atoms with Crippen LogP contribution in [0.3, 0.4) is 0 Å². The number of imide groups is 1. The fourth-order valence-electron chi connectivity index (χ4n) is 2.16. The number of nitrogens with one attached hydrogen (secondary N) is 1. The minimum atomic E-state index is -1.15. The fraction of sp³-hybridized carbons (Fsp3) is 0.526. The van der Waals surface area contributed by atoms with Gasteiger partial charge in [0.05, 0.1) is 18.8 Å². The molecule has 0 unspecified atom stereocenters. The summed E-state index contributed by atoms with van der Waals surface area (Å²) in [6.07, 6.45) is 0.480. The van der Waals surface area contributed by atoms with E-state index in [4.69, 9.17) is 19.9 Å². The predicted octanol–water partition coefficient (Wildman–Crippen LogP) is 2.64. The van der Waals surface area contributed by atoms with Crippen LogP contribution in [0.15, 0.2) is 18.2 Å². The van der Waals surface area contributed by atoms with E-state index in [1.54, 1.807) is 19.9 Å². The van der Waals surface area contributed by atoms with Crippen molar-refractivity contribution in [3.8, 4) is 11.5 Å². The molecule has 0 bridgehead atoms. The van der Waals surface area contributed by atoms with Crippen molar-refractivity contribution in [3.63, 3.8) is 0 Å². The van der Waals surface area contributed by atoms with Crippen molar-refractivity contribution in [2.75, 3.05) is 13.2 Å². The van der Waals surface area contributed by atoms with E-state index in [1.165, 1.54) is 12.1 Å². The van der Waals surface area contributed by atoms with Crippen molar-refractivity contribution in [2.45, 2.75) is 46.6 Å². The van der Waals surface area contributed by atoms with Crippen molar-refractivity contribution in [3.05, 3.63) is 23.8 Å². The minimum absolute atomic E-state index is 0.211. The number of urea groups is 1. The molecule has 27 heavy (non-hydrogen) atoms. The number of rotatable bonds is 10. The monoisotopic (exact) mass is 380 g/mol. The number of carbonyl (C=O) groups excluding carboxylic acids is 3. The molecule has 8 heteroatoms. The van der Waals surface area contributed by atoms with Gasteiger partial charge in [0.15, 0.2) is 17.6 Å². The quantitative estimate of drug-likeness (QED) is 0.603. The maximum Gasteiger partial charge on any atom is 0.339 e. The third kappa shape index (κ3) is 7.16. The highest BCUT2D eigenvalue weighted by Crippen LogP contribution is 2.29. The van der Waals surface area contributed by atoms with Gasteiger partial charge < -0.3 is 19.9 Å². The summed E-state index contributed by atoms with van der Waals surface area (Å²) in [5.74, 6) is -0.861. The van der Waals surface area contributed by atoms with Crippen LogP contribution >= 0.6 is 0 Å². The van der Waals surface area contributed by atoms with E-state index in [2.05, 4.69) is 0 Å². The van der Waals surface area contributed by atoms with Gasteiger partial charge >= 0.3 is 12.0 Å². The molecule has 0 aliphatic rings. The van der Waals surface area contributed by atoms with Gasteiger partial charge in [-0.15, -0.1) is 0 Å². The zero-order valence-electron chi connectivity index (χ0n) is 16.2. The Morgan fingerprint density at radius 3 is 2.15 bits per heavy atom. The molecule has 3 amide bonds. The molecule has 0 aromatic heterocycles. The predicted molar refractivity (Wildman–Crippen MR) is 99.8 cm³/mol. The van der Waals surface area contributed by atoms with E-state index < -0.39 is 24.0 Å². The second-order valence-corrected chi connectivity index (χ2v) is 6.28. The van der Waals surface area contributed by atoms with Gasteiger partial charge in [-0.05, 0) is 37.0 Å². The Kier molecular flexibility index (Phi) is 9.12. The van der Waals surface area contributed by atoms with Crippen molar-refractivity contribution in [2.24, 2.45) is 11.7 Å². The zero-order valence-corrected chi connectivity index (χ0v) is 16.2. The summed E-state index contributed by atoms with van der Waals surface area (Å²) in [7, 11) is 0. The van der Waals surface area contributed by atoms with Crippen LogP contribution in [-0.2, 0) is 9.53 Å². The maximum atomic E-state index is 12.5. The van der Waals surface area contributed by atoms with Crippen molar-refractivity contribution in [1.82, 2.24) is 5.32 Å². The van der Waals surface area contributed by atoms with E-state index >= 15 is 0 Å². The molecule has 0 radical (unpaired) electrons. The van der Waals surface area contributed by atoms with Crippen molar-refractivity contribution < 1.29 is 28.6 Å². The van der Waals surface area contributed by atoms with Gasteiger partial charge in [-0.2, -0.15) is 0 Å². The summed E-state index contributed by atoms with van der Waals surface area (Å²) in [5, 5.41) is 1.93. The maximum absolute atomic E-state index is 12.5. The van der Waals surface area contributed by atoms with Crippen LogP contribution in [0.5, 0.6) is 11.5 Å². The second kappa shape index (κ2) is 11.1. The van der Waals surface area contributed by atoms with E-state index in [0.717, 1.165) is 12.8 Å². The lowest BCUT2D eigenvalue weighted by atomic mass is 10.1. The number of hydrogen-bond donors (Lipinski definition) is 2. The highest BCUT2D eigenvalue weighted by Gasteiger charge is 2.28. The Bertz CT molecular complexity index is 660. The van der Waals surface area contributed by atoms with Crippen LogP contribution in [-0.4, -0.2) is 37.2 Å². The van der Waals surface area contributed by atoms with Crippen LogP contribution in [0.1, 0.15) is 50.9 Å². The first kappa shape index (κ1) is 22.3. The largest absolute Gasteiger partial charge is 0.490 e. The van der Waals surface area contributed by atoms with Gasteiger partial charge in [-0.3, -0.25) is 10.1 Å². The van der Waals surface area contributed by atoms with Crippen molar-refractivity contribution in [1.29, 1.82) is 0 Å². The normalized spacial score (nSPS) is 11.6. The summed E-state index contributed by atoms with van der Waals surface area (Å²) in [6, 6.07) is 3.68. The Balaban J connectivity index is 2.99. The van der Waals surface area contributed by atoms with Crippen LogP contribution in [0, 0.1) is 5.92 Å². The summed E-state index contributed by atoms with van der Waals surface area (Å²) in [4.78, 5) is 35.4. The third-order valence-corrected chi connectivity index (χ3v) is 3.45. The molecular formula is C19H28N2O6. The number of nitrogens with two attached hydrogens (primary N) is 1. The van der Waals surface area contributed by atoms with E-state index in [0.29, 0.717) is 24.7 Å². The number of amides is 3. The molecule has 8 nitrogen and oxygen atoms in total. The number of ether oxygens (including phenoxy) is 3. The lowest BCUT2D eigenvalue weighted by Crippen LogP contribution is -2.45. The second-order valence-electron chi connectivity index (χ2n) is 6.28. The van der Waals surface area contributed by atoms with Crippen LogP contribution < -0.4 is 20.5 Å². The van der Waals surface area contributed by atoms with Crippen molar-refractivity contribution >= 4 is 17.9 Å². The molecule has 1 aromatic carbocycles. The molecule has 1 atom stereocenters. The molecule has 0 spiro atoms. The number of carbonyl (C=O) groups is 3. The zero-order chi connectivity index (χ0) is 20.4. The Morgan fingerprint density at radius 2 is 1.63 bits per heavy atom. The highest BCUT2D eigenvalue weighted by molar-refractivity contribution is 5.98. The molecule has 1 aromatic rings. The lowest BCUT2D eigenvalue weighted by Gasteiger charge is -2.20. The molecular weight excluding hydrogens is 352 g/mol. The van der Waals surface area contributed by atoms with E-state index in [-0.39, 0.29) is 11.5 Å². The lowest BCUT2D eigenvalue weighted by molar-refractivity contribution is -0.130. The smallest absolute Gasteiger partial charge is 0.339 e. The molecule has 0 heterocycles. The molecule has 0 fully saturated rings. The summed E-state index contributed by atoms with van der Waals surface area (Å²) in [6.45, 7) is 8.33. The van der Waals surface area contributed by atoms with Crippen LogP contribution in [0.4, 0.5) is 4.79 Å². The SMILES string of the molecule is CCCOc1ccc(C(=O)O[C@@H](C(=O)NC(N)=O)C(C)C)cc1OCCC. The molecule has 0 saturated heterocycles. The average Bonchev–Trinajstić information content (AvgIpc) is 2.61. The van der Waals surface area contributed by atoms with E-state index in [1.807, 2.05) is 19.2 Å². The van der Waals surface area contributed by atoms with Crippen LogP contribution in [0.2, 0.25) is 0 Å². The standard InChI is InChI=1S/C19H28N2O6/c1-5-9-25-14-8-7-13(11-15(14)26-10-6-2)18(23)27-16(12(3)4)17(22)21-19(20)24/h7-8,11-12,16H,5-6,9-10H2,1-4H3,(H3,20,21,22,24)/t16-/m1/s1. The fourth-order valence-corrected chi connectivity index (χ4v) is 2.16.